The minimum atomic E-state index is -0.791. The van der Waals surface area contributed by atoms with Crippen molar-refractivity contribution in [2.75, 3.05) is 13.7 Å². The molecule has 0 aromatic carbocycles. The van der Waals surface area contributed by atoms with E-state index in [2.05, 4.69) is 5.32 Å². The molecule has 14 heavy (non-hydrogen) atoms. The molecule has 0 unspecified atom stereocenters. The second-order valence-corrected chi connectivity index (χ2v) is 3.53. The van der Waals surface area contributed by atoms with Gasteiger partial charge in [0.05, 0.1) is 12.0 Å². The number of methoxy groups -OCH3 is 1. The van der Waals surface area contributed by atoms with Crippen molar-refractivity contribution in [2.45, 2.75) is 31.9 Å². The van der Waals surface area contributed by atoms with E-state index >= 15 is 0 Å². The van der Waals surface area contributed by atoms with Gasteiger partial charge in [-0.25, -0.2) is 0 Å². The van der Waals surface area contributed by atoms with Gasteiger partial charge in [-0.1, -0.05) is 0 Å². The third-order valence-corrected chi connectivity index (χ3v) is 2.65. The van der Waals surface area contributed by atoms with E-state index < -0.39 is 11.9 Å². The van der Waals surface area contributed by atoms with Gasteiger partial charge in [0.15, 0.2) is 0 Å². The highest BCUT2D eigenvalue weighted by molar-refractivity contribution is 5.85. The van der Waals surface area contributed by atoms with Crippen LogP contribution in [0.25, 0.3) is 0 Å². The van der Waals surface area contributed by atoms with Crippen LogP contribution < -0.4 is 5.32 Å². The second-order valence-electron chi connectivity index (χ2n) is 3.53. The Morgan fingerprint density at radius 2 is 2.29 bits per heavy atom. The molecule has 0 radical (unpaired) electrons. The number of aliphatic carboxylic acids is 1. The molecular formula is C9H18ClNO3. The summed E-state index contributed by atoms with van der Waals surface area (Å²) in [7, 11) is 1.57. The third-order valence-electron chi connectivity index (χ3n) is 2.65. The van der Waals surface area contributed by atoms with Crippen molar-refractivity contribution >= 4 is 18.4 Å². The zero-order valence-corrected chi connectivity index (χ0v) is 9.34. The predicted octanol–water partition coefficient (Wildman–Crippen LogP) is 0.896. The summed E-state index contributed by atoms with van der Waals surface area (Å²) in [6, 6.07) is 0.205. The number of nitrogens with one attached hydrogen (secondary N) is 1. The van der Waals surface area contributed by atoms with Crippen LogP contribution in [0.5, 0.6) is 0 Å². The minimum Gasteiger partial charge on any atom is -0.481 e. The number of carboxylic acid groups (broad SMARTS) is 1. The van der Waals surface area contributed by atoms with Gasteiger partial charge < -0.3 is 15.2 Å². The van der Waals surface area contributed by atoms with Gasteiger partial charge >= 0.3 is 5.97 Å². The maximum atomic E-state index is 10.7. The molecule has 0 bridgehead atoms. The third kappa shape index (κ3) is 3.12. The Morgan fingerprint density at radius 1 is 1.64 bits per heavy atom. The van der Waals surface area contributed by atoms with Gasteiger partial charge in [0.25, 0.3) is 0 Å². The van der Waals surface area contributed by atoms with E-state index in [9.17, 15) is 4.79 Å². The van der Waals surface area contributed by atoms with Gasteiger partial charge in [0.1, 0.15) is 0 Å². The molecule has 0 aliphatic carbocycles. The van der Waals surface area contributed by atoms with E-state index in [1.54, 1.807) is 14.0 Å². The lowest BCUT2D eigenvalue weighted by Gasteiger charge is -2.25. The Morgan fingerprint density at radius 3 is 2.64 bits per heavy atom. The van der Waals surface area contributed by atoms with Gasteiger partial charge in [0.2, 0.25) is 0 Å². The van der Waals surface area contributed by atoms with Crippen LogP contribution in [-0.2, 0) is 9.53 Å². The standard InChI is InChI=1S/C9H17NO3.ClH/c1-6(9(11)12)8(13-2)7-4-3-5-10-7;/h6-8,10H,3-5H2,1-2H3,(H,11,12);1H/t6-,7+,8+;/m0./s1. The van der Waals surface area contributed by atoms with Crippen LogP contribution >= 0.6 is 12.4 Å². The quantitative estimate of drug-likeness (QED) is 0.744. The Bertz CT molecular complexity index is 183. The molecule has 0 aromatic heterocycles. The van der Waals surface area contributed by atoms with E-state index in [4.69, 9.17) is 9.84 Å². The smallest absolute Gasteiger partial charge is 0.308 e. The summed E-state index contributed by atoms with van der Waals surface area (Å²) in [6.45, 7) is 2.66. The van der Waals surface area contributed by atoms with Crippen LogP contribution in [0, 0.1) is 5.92 Å². The molecule has 0 saturated carbocycles. The average molecular weight is 224 g/mol. The summed E-state index contributed by atoms with van der Waals surface area (Å²) in [5.41, 5.74) is 0. The molecule has 3 atom stereocenters. The van der Waals surface area contributed by atoms with Crippen LogP contribution in [0.3, 0.4) is 0 Å². The van der Waals surface area contributed by atoms with Crippen LogP contribution in [0.4, 0.5) is 0 Å². The Labute approximate surface area is 90.4 Å². The largest absolute Gasteiger partial charge is 0.481 e. The molecule has 4 nitrogen and oxygen atoms in total. The fourth-order valence-electron chi connectivity index (χ4n) is 1.85. The summed E-state index contributed by atoms with van der Waals surface area (Å²) in [5, 5.41) is 12.1. The molecule has 1 rings (SSSR count). The van der Waals surface area contributed by atoms with Crippen LogP contribution in [-0.4, -0.2) is 36.9 Å². The van der Waals surface area contributed by atoms with Crippen LogP contribution in [0.1, 0.15) is 19.8 Å². The summed E-state index contributed by atoms with van der Waals surface area (Å²) in [4.78, 5) is 10.7. The molecule has 5 heteroatoms. The fourth-order valence-corrected chi connectivity index (χ4v) is 1.85. The number of carbonyl (C=O) groups is 1. The normalized spacial score (nSPS) is 25.1. The molecule has 0 aromatic rings. The molecular weight excluding hydrogens is 206 g/mol. The molecule has 0 amide bonds. The molecule has 84 valence electrons. The highest BCUT2D eigenvalue weighted by atomic mass is 35.5. The SMILES string of the molecule is CO[C@H]([C@H](C)C(=O)O)[C@H]1CCCN1.Cl. The van der Waals surface area contributed by atoms with Gasteiger partial charge in [-0.15, -0.1) is 12.4 Å². The topological polar surface area (TPSA) is 58.6 Å². The summed E-state index contributed by atoms with van der Waals surface area (Å²) in [5.74, 6) is -1.24. The molecule has 1 aliphatic rings. The van der Waals surface area contributed by atoms with Crippen LogP contribution in [0.2, 0.25) is 0 Å². The maximum absolute atomic E-state index is 10.7. The first kappa shape index (κ1) is 13.7. The molecule has 1 fully saturated rings. The van der Waals surface area contributed by atoms with Gasteiger partial charge in [-0.05, 0) is 26.3 Å². The number of carboxylic acids is 1. The van der Waals surface area contributed by atoms with Crippen molar-refractivity contribution in [3.63, 3.8) is 0 Å². The predicted molar refractivity (Wildman–Crippen MR) is 55.9 cm³/mol. The second kappa shape index (κ2) is 6.22. The van der Waals surface area contributed by atoms with Crippen molar-refractivity contribution in [3.05, 3.63) is 0 Å². The van der Waals surface area contributed by atoms with Crippen molar-refractivity contribution in [2.24, 2.45) is 5.92 Å². The zero-order valence-electron chi connectivity index (χ0n) is 8.53. The first-order valence-electron chi connectivity index (χ1n) is 4.65. The lowest BCUT2D eigenvalue weighted by molar-refractivity contribution is -0.146. The Kier molecular flexibility index (Phi) is 6.08. The molecule has 0 spiro atoms. The van der Waals surface area contributed by atoms with E-state index in [-0.39, 0.29) is 24.6 Å². The number of ether oxygens (including phenoxy) is 1. The van der Waals surface area contributed by atoms with E-state index in [1.807, 2.05) is 0 Å². The number of halogens is 1. The Hall–Kier alpha value is -0.320. The lowest BCUT2D eigenvalue weighted by atomic mass is 9.97. The fraction of sp³-hybridized carbons (Fsp3) is 0.889. The van der Waals surface area contributed by atoms with Gasteiger partial charge in [0, 0.05) is 13.2 Å². The summed E-state index contributed by atoms with van der Waals surface area (Å²) >= 11 is 0. The van der Waals surface area contributed by atoms with Gasteiger partial charge in [-0.3, -0.25) is 4.79 Å². The molecule has 1 aliphatic heterocycles. The maximum Gasteiger partial charge on any atom is 0.308 e. The van der Waals surface area contributed by atoms with Gasteiger partial charge in [-0.2, -0.15) is 0 Å². The number of hydrogen-bond donors (Lipinski definition) is 2. The monoisotopic (exact) mass is 223 g/mol. The van der Waals surface area contributed by atoms with Crippen molar-refractivity contribution < 1.29 is 14.6 Å². The summed E-state index contributed by atoms with van der Waals surface area (Å²) in [6.07, 6.45) is 1.91. The first-order valence-corrected chi connectivity index (χ1v) is 4.65. The minimum absolute atomic E-state index is 0. The average Bonchev–Trinajstić information content (AvgIpc) is 2.58. The number of hydrogen-bond acceptors (Lipinski definition) is 3. The van der Waals surface area contributed by atoms with Crippen molar-refractivity contribution in [1.29, 1.82) is 0 Å². The Balaban J connectivity index is 0.00000169. The molecule has 1 saturated heterocycles. The highest BCUT2D eigenvalue weighted by Crippen LogP contribution is 2.18. The first-order chi connectivity index (χ1) is 6.16. The number of rotatable bonds is 4. The van der Waals surface area contributed by atoms with E-state index in [0.717, 1.165) is 19.4 Å². The van der Waals surface area contributed by atoms with Crippen molar-refractivity contribution in [1.82, 2.24) is 5.32 Å². The van der Waals surface area contributed by atoms with Crippen LogP contribution in [0.15, 0.2) is 0 Å². The van der Waals surface area contributed by atoms with Crippen molar-refractivity contribution in [3.8, 4) is 0 Å². The van der Waals surface area contributed by atoms with E-state index in [0.29, 0.717) is 0 Å². The highest BCUT2D eigenvalue weighted by Gasteiger charge is 2.32. The molecule has 1 heterocycles. The lowest BCUT2D eigenvalue weighted by Crippen LogP contribution is -2.43. The molecule has 2 N–H and O–H groups in total. The van der Waals surface area contributed by atoms with E-state index in [1.165, 1.54) is 0 Å². The summed E-state index contributed by atoms with van der Waals surface area (Å²) < 4.78 is 5.21. The zero-order chi connectivity index (χ0) is 9.84.